The molecular weight excluding hydrogens is 236 g/mol. The Morgan fingerprint density at radius 1 is 1.16 bits per heavy atom. The van der Waals surface area contributed by atoms with Crippen molar-refractivity contribution in [1.82, 2.24) is 10.2 Å². The highest BCUT2D eigenvalue weighted by Gasteiger charge is 2.26. The molecule has 0 aromatic carbocycles. The number of hydrogen-bond acceptors (Lipinski definition) is 3. The molecule has 1 atom stereocenters. The third kappa shape index (κ3) is 5.41. The van der Waals surface area contributed by atoms with Crippen molar-refractivity contribution in [3.8, 4) is 0 Å². The molecule has 1 aliphatic carbocycles. The molecular formula is C16H32N2O. The lowest BCUT2D eigenvalue weighted by Gasteiger charge is -2.33. The maximum absolute atomic E-state index is 5.70. The summed E-state index contributed by atoms with van der Waals surface area (Å²) in [6.45, 7) is 9.88. The van der Waals surface area contributed by atoms with Gasteiger partial charge in [0.1, 0.15) is 0 Å². The third-order valence-corrected chi connectivity index (χ3v) is 4.59. The summed E-state index contributed by atoms with van der Waals surface area (Å²) in [4.78, 5) is 2.61. The number of nitrogens with zero attached hydrogens (tertiary/aromatic N) is 1. The van der Waals surface area contributed by atoms with Crippen LogP contribution < -0.4 is 5.32 Å². The van der Waals surface area contributed by atoms with E-state index in [0.29, 0.717) is 6.10 Å². The van der Waals surface area contributed by atoms with Crippen LogP contribution in [0.25, 0.3) is 0 Å². The highest BCUT2D eigenvalue weighted by molar-refractivity contribution is 4.84. The minimum atomic E-state index is 0.360. The molecule has 1 saturated heterocycles. The number of rotatable bonds is 5. The zero-order valence-corrected chi connectivity index (χ0v) is 12.9. The minimum Gasteiger partial charge on any atom is -0.377 e. The van der Waals surface area contributed by atoms with Gasteiger partial charge in [0, 0.05) is 19.1 Å². The first-order valence-electron chi connectivity index (χ1n) is 8.33. The van der Waals surface area contributed by atoms with Crippen molar-refractivity contribution in [3.63, 3.8) is 0 Å². The number of ether oxygens (including phenoxy) is 1. The Kier molecular flexibility index (Phi) is 6.62. The lowest BCUT2D eigenvalue weighted by Crippen LogP contribution is -2.44. The SMILES string of the molecule is CC(C)OCCN1CCCNC(C2CCCCC2)C1. The number of nitrogens with one attached hydrogen (secondary N) is 1. The van der Waals surface area contributed by atoms with Gasteiger partial charge in [-0.2, -0.15) is 0 Å². The molecule has 0 aromatic rings. The van der Waals surface area contributed by atoms with Crippen molar-refractivity contribution < 1.29 is 4.74 Å². The van der Waals surface area contributed by atoms with Crippen LogP contribution in [0.15, 0.2) is 0 Å². The topological polar surface area (TPSA) is 24.5 Å². The molecule has 1 saturated carbocycles. The largest absolute Gasteiger partial charge is 0.377 e. The van der Waals surface area contributed by atoms with E-state index in [1.807, 2.05) is 0 Å². The lowest BCUT2D eigenvalue weighted by atomic mass is 9.83. The zero-order chi connectivity index (χ0) is 13.5. The second kappa shape index (κ2) is 8.23. The summed E-state index contributed by atoms with van der Waals surface area (Å²) < 4.78 is 5.70. The Balaban J connectivity index is 1.76. The van der Waals surface area contributed by atoms with Gasteiger partial charge in [-0.3, -0.25) is 4.90 Å². The van der Waals surface area contributed by atoms with Crippen molar-refractivity contribution in [2.24, 2.45) is 5.92 Å². The monoisotopic (exact) mass is 268 g/mol. The highest BCUT2D eigenvalue weighted by Crippen LogP contribution is 2.27. The Morgan fingerprint density at radius 3 is 2.68 bits per heavy atom. The van der Waals surface area contributed by atoms with Gasteiger partial charge < -0.3 is 10.1 Å². The fraction of sp³-hybridized carbons (Fsp3) is 1.00. The van der Waals surface area contributed by atoms with Gasteiger partial charge in [0.05, 0.1) is 12.7 Å². The predicted molar refractivity (Wildman–Crippen MR) is 80.5 cm³/mol. The molecule has 3 nitrogen and oxygen atoms in total. The molecule has 2 rings (SSSR count). The van der Waals surface area contributed by atoms with Crippen LogP contribution in [0.1, 0.15) is 52.4 Å². The zero-order valence-electron chi connectivity index (χ0n) is 12.9. The molecule has 19 heavy (non-hydrogen) atoms. The Morgan fingerprint density at radius 2 is 1.95 bits per heavy atom. The van der Waals surface area contributed by atoms with Crippen LogP contribution in [0, 0.1) is 5.92 Å². The quantitative estimate of drug-likeness (QED) is 0.829. The summed E-state index contributed by atoms with van der Waals surface area (Å²) >= 11 is 0. The standard InChI is InChI=1S/C16H32N2O/c1-14(2)19-12-11-18-10-6-9-17-16(13-18)15-7-4-3-5-8-15/h14-17H,3-13H2,1-2H3. The van der Waals surface area contributed by atoms with Crippen molar-refractivity contribution in [2.75, 3.05) is 32.8 Å². The molecule has 0 aromatic heterocycles. The van der Waals surface area contributed by atoms with Crippen LogP contribution in [-0.2, 0) is 4.74 Å². The first-order valence-corrected chi connectivity index (χ1v) is 8.33. The molecule has 2 fully saturated rings. The molecule has 0 bridgehead atoms. The van der Waals surface area contributed by atoms with Crippen LogP contribution in [0.3, 0.4) is 0 Å². The van der Waals surface area contributed by atoms with Crippen LogP contribution in [0.5, 0.6) is 0 Å². The van der Waals surface area contributed by atoms with E-state index < -0.39 is 0 Å². The molecule has 3 heteroatoms. The summed E-state index contributed by atoms with van der Waals surface area (Å²) in [6.07, 6.45) is 8.86. The second-order valence-corrected chi connectivity index (χ2v) is 6.53. The average molecular weight is 268 g/mol. The molecule has 1 heterocycles. The van der Waals surface area contributed by atoms with Gasteiger partial charge in [-0.25, -0.2) is 0 Å². The van der Waals surface area contributed by atoms with Crippen molar-refractivity contribution in [2.45, 2.75) is 64.5 Å². The van der Waals surface area contributed by atoms with E-state index >= 15 is 0 Å². The second-order valence-electron chi connectivity index (χ2n) is 6.53. The number of hydrogen-bond donors (Lipinski definition) is 1. The fourth-order valence-electron chi connectivity index (χ4n) is 3.50. The maximum Gasteiger partial charge on any atom is 0.0596 e. The summed E-state index contributed by atoms with van der Waals surface area (Å²) in [5.41, 5.74) is 0. The Bertz CT molecular complexity index is 239. The van der Waals surface area contributed by atoms with Gasteiger partial charge in [0.25, 0.3) is 0 Å². The molecule has 1 aliphatic heterocycles. The van der Waals surface area contributed by atoms with E-state index in [-0.39, 0.29) is 0 Å². The Labute approximate surface area is 119 Å². The van der Waals surface area contributed by atoms with Gasteiger partial charge in [0.2, 0.25) is 0 Å². The average Bonchev–Trinajstić information content (AvgIpc) is 2.65. The van der Waals surface area contributed by atoms with Gasteiger partial charge in [-0.1, -0.05) is 19.3 Å². The molecule has 2 aliphatic rings. The van der Waals surface area contributed by atoms with Crippen molar-refractivity contribution >= 4 is 0 Å². The van der Waals surface area contributed by atoms with Gasteiger partial charge in [0.15, 0.2) is 0 Å². The van der Waals surface area contributed by atoms with Crippen LogP contribution in [0.4, 0.5) is 0 Å². The third-order valence-electron chi connectivity index (χ3n) is 4.59. The molecule has 0 amide bonds. The predicted octanol–water partition coefficient (Wildman–Crippen LogP) is 2.66. The van der Waals surface area contributed by atoms with Gasteiger partial charge in [-0.05, 0) is 52.1 Å². The van der Waals surface area contributed by atoms with E-state index in [1.165, 1.54) is 58.2 Å². The van der Waals surface area contributed by atoms with Gasteiger partial charge in [-0.15, -0.1) is 0 Å². The van der Waals surface area contributed by atoms with E-state index in [1.54, 1.807) is 0 Å². The van der Waals surface area contributed by atoms with Crippen LogP contribution in [-0.4, -0.2) is 49.8 Å². The van der Waals surface area contributed by atoms with E-state index in [4.69, 9.17) is 4.74 Å². The van der Waals surface area contributed by atoms with Crippen LogP contribution in [0.2, 0.25) is 0 Å². The smallest absolute Gasteiger partial charge is 0.0596 e. The lowest BCUT2D eigenvalue weighted by molar-refractivity contribution is 0.0567. The summed E-state index contributed by atoms with van der Waals surface area (Å²) in [7, 11) is 0. The summed E-state index contributed by atoms with van der Waals surface area (Å²) in [5.74, 6) is 0.917. The first-order chi connectivity index (χ1) is 9.25. The molecule has 1 unspecified atom stereocenters. The van der Waals surface area contributed by atoms with Crippen molar-refractivity contribution in [3.05, 3.63) is 0 Å². The van der Waals surface area contributed by atoms with E-state index in [0.717, 1.165) is 25.1 Å². The molecule has 0 radical (unpaired) electrons. The maximum atomic E-state index is 5.70. The fourth-order valence-corrected chi connectivity index (χ4v) is 3.50. The molecule has 1 N–H and O–H groups in total. The summed E-state index contributed by atoms with van der Waals surface area (Å²) in [5, 5.41) is 3.80. The normalized spacial score (nSPS) is 27.6. The molecule has 0 spiro atoms. The molecule has 112 valence electrons. The minimum absolute atomic E-state index is 0.360. The van der Waals surface area contributed by atoms with E-state index in [9.17, 15) is 0 Å². The Hall–Kier alpha value is -0.120. The first kappa shape index (κ1) is 15.3. The van der Waals surface area contributed by atoms with Crippen LogP contribution >= 0.6 is 0 Å². The van der Waals surface area contributed by atoms with Gasteiger partial charge >= 0.3 is 0 Å². The summed E-state index contributed by atoms with van der Waals surface area (Å²) in [6, 6.07) is 0.724. The van der Waals surface area contributed by atoms with Crippen molar-refractivity contribution in [1.29, 1.82) is 0 Å². The highest BCUT2D eigenvalue weighted by atomic mass is 16.5. The van der Waals surface area contributed by atoms with E-state index in [2.05, 4.69) is 24.1 Å².